The molecule has 0 saturated carbocycles. The molecule has 0 saturated heterocycles. The molecular formula is C13H11BrF3NO2. The zero-order valence-corrected chi connectivity index (χ0v) is 11.9. The number of hydrogen-bond donors (Lipinski definition) is 0. The summed E-state index contributed by atoms with van der Waals surface area (Å²) in [6, 6.07) is 5.59. The summed E-state index contributed by atoms with van der Waals surface area (Å²) in [4.78, 5) is 24.1. The van der Waals surface area contributed by atoms with Gasteiger partial charge in [0.2, 0.25) is 0 Å². The van der Waals surface area contributed by atoms with Crippen LogP contribution in [0.2, 0.25) is 0 Å². The second-order valence-corrected chi connectivity index (χ2v) is 5.01. The van der Waals surface area contributed by atoms with Crippen molar-refractivity contribution in [2.45, 2.75) is 18.6 Å². The van der Waals surface area contributed by atoms with Gasteiger partial charge in [0.1, 0.15) is 6.04 Å². The Bertz CT molecular complexity index is 545. The molecule has 1 unspecified atom stereocenters. The van der Waals surface area contributed by atoms with Crippen LogP contribution >= 0.6 is 15.9 Å². The lowest BCUT2D eigenvalue weighted by molar-refractivity contribution is -0.188. The molecule has 0 bridgehead atoms. The smallest absolute Gasteiger partial charge is 0.320 e. The van der Waals surface area contributed by atoms with Gasteiger partial charge in [-0.05, 0) is 17.5 Å². The van der Waals surface area contributed by atoms with E-state index in [0.29, 0.717) is 16.9 Å². The lowest BCUT2D eigenvalue weighted by Crippen LogP contribution is -2.49. The number of amides is 1. The van der Waals surface area contributed by atoms with Gasteiger partial charge in [-0.25, -0.2) is 0 Å². The molecule has 0 aliphatic carbocycles. The van der Waals surface area contributed by atoms with Crippen molar-refractivity contribution in [3.8, 4) is 0 Å². The largest absolute Gasteiger partial charge is 0.471 e. The molecular weight excluding hydrogens is 339 g/mol. The van der Waals surface area contributed by atoms with Crippen LogP contribution in [0.5, 0.6) is 0 Å². The van der Waals surface area contributed by atoms with Gasteiger partial charge in [0.25, 0.3) is 0 Å². The number of fused-ring (bicyclic) bond motifs is 1. The van der Waals surface area contributed by atoms with Gasteiger partial charge in [0.15, 0.2) is 5.78 Å². The molecule has 3 nitrogen and oxygen atoms in total. The van der Waals surface area contributed by atoms with Crippen LogP contribution in [0.4, 0.5) is 13.2 Å². The van der Waals surface area contributed by atoms with Crippen molar-refractivity contribution in [3.05, 3.63) is 35.4 Å². The second kappa shape index (κ2) is 5.55. The predicted molar refractivity (Wildman–Crippen MR) is 69.5 cm³/mol. The lowest BCUT2D eigenvalue weighted by Gasteiger charge is -2.36. The minimum Gasteiger partial charge on any atom is -0.320 e. The minimum absolute atomic E-state index is 0.104. The fourth-order valence-corrected chi connectivity index (χ4v) is 2.68. The Morgan fingerprint density at radius 3 is 2.55 bits per heavy atom. The van der Waals surface area contributed by atoms with E-state index in [1.807, 2.05) is 0 Å². The summed E-state index contributed by atoms with van der Waals surface area (Å²) in [5, 5.41) is -0.104. The molecule has 1 amide bonds. The van der Waals surface area contributed by atoms with Crippen LogP contribution in [-0.4, -0.2) is 34.6 Å². The van der Waals surface area contributed by atoms with Gasteiger partial charge in [-0.1, -0.05) is 40.2 Å². The van der Waals surface area contributed by atoms with Crippen molar-refractivity contribution in [2.75, 3.05) is 11.9 Å². The van der Waals surface area contributed by atoms with Crippen molar-refractivity contribution in [1.82, 2.24) is 4.90 Å². The fourth-order valence-electron chi connectivity index (χ4n) is 2.37. The van der Waals surface area contributed by atoms with Crippen molar-refractivity contribution in [3.63, 3.8) is 0 Å². The average Bonchev–Trinajstić information content (AvgIpc) is 2.43. The normalized spacial score (nSPS) is 18.6. The third-order valence-electron chi connectivity index (χ3n) is 3.22. The SMILES string of the molecule is O=C(CBr)C1c2ccccc2CCN1C(=O)C(F)(F)F. The van der Waals surface area contributed by atoms with E-state index in [2.05, 4.69) is 15.9 Å². The van der Waals surface area contributed by atoms with Crippen LogP contribution in [0, 0.1) is 0 Å². The van der Waals surface area contributed by atoms with Gasteiger partial charge in [-0.15, -0.1) is 0 Å². The van der Waals surface area contributed by atoms with Crippen LogP contribution in [0.1, 0.15) is 17.2 Å². The highest BCUT2D eigenvalue weighted by Crippen LogP contribution is 2.34. The molecule has 20 heavy (non-hydrogen) atoms. The van der Waals surface area contributed by atoms with E-state index in [9.17, 15) is 22.8 Å². The highest BCUT2D eigenvalue weighted by atomic mass is 79.9. The molecule has 108 valence electrons. The predicted octanol–water partition coefficient (Wildman–Crippen LogP) is 2.64. The maximum atomic E-state index is 12.6. The zero-order chi connectivity index (χ0) is 14.9. The molecule has 1 aromatic carbocycles. The standard InChI is InChI=1S/C13H11BrF3NO2/c14-7-10(19)11-9-4-2-1-3-8(9)5-6-18(11)12(20)13(15,16)17/h1-4,11H,5-7H2. The molecule has 0 aromatic heterocycles. The maximum Gasteiger partial charge on any atom is 0.471 e. The van der Waals surface area contributed by atoms with Crippen LogP contribution in [0.25, 0.3) is 0 Å². The summed E-state index contributed by atoms with van der Waals surface area (Å²) in [6.45, 7) is -0.112. The third-order valence-corrected chi connectivity index (χ3v) is 3.78. The molecule has 1 aliphatic heterocycles. The molecule has 2 rings (SSSR count). The van der Waals surface area contributed by atoms with Gasteiger partial charge >= 0.3 is 12.1 Å². The van der Waals surface area contributed by atoms with Crippen molar-refractivity contribution >= 4 is 27.6 Å². The third kappa shape index (κ3) is 2.72. The molecule has 1 atom stereocenters. The van der Waals surface area contributed by atoms with Crippen LogP contribution in [0.3, 0.4) is 0 Å². The first-order chi connectivity index (χ1) is 9.36. The lowest BCUT2D eigenvalue weighted by atomic mass is 9.90. The summed E-state index contributed by atoms with van der Waals surface area (Å²) in [5.41, 5.74) is 1.28. The Labute approximate surface area is 121 Å². The molecule has 1 heterocycles. The summed E-state index contributed by atoms with van der Waals surface area (Å²) in [7, 11) is 0. The Morgan fingerprint density at radius 2 is 1.95 bits per heavy atom. The molecule has 1 aromatic rings. The molecule has 1 aliphatic rings. The van der Waals surface area contributed by atoms with E-state index in [4.69, 9.17) is 0 Å². The van der Waals surface area contributed by atoms with Crippen molar-refractivity contribution in [1.29, 1.82) is 0 Å². The summed E-state index contributed by atoms with van der Waals surface area (Å²) < 4.78 is 37.9. The number of alkyl halides is 4. The summed E-state index contributed by atoms with van der Waals surface area (Å²) in [6.07, 6.45) is -4.67. The minimum atomic E-state index is -4.98. The first-order valence-corrected chi connectivity index (χ1v) is 7.02. The first kappa shape index (κ1) is 15.0. The van der Waals surface area contributed by atoms with E-state index >= 15 is 0 Å². The van der Waals surface area contributed by atoms with Gasteiger partial charge < -0.3 is 4.90 Å². The van der Waals surface area contributed by atoms with E-state index in [1.165, 1.54) is 0 Å². The second-order valence-electron chi connectivity index (χ2n) is 4.45. The Balaban J connectivity index is 2.45. The number of Topliss-reactive ketones (excluding diaryl/α,β-unsaturated/α-hetero) is 1. The van der Waals surface area contributed by atoms with Crippen LogP contribution in [-0.2, 0) is 16.0 Å². The van der Waals surface area contributed by atoms with Crippen LogP contribution in [0.15, 0.2) is 24.3 Å². The maximum absolute atomic E-state index is 12.6. The van der Waals surface area contributed by atoms with E-state index in [-0.39, 0.29) is 11.9 Å². The van der Waals surface area contributed by atoms with Crippen molar-refractivity contribution < 1.29 is 22.8 Å². The number of ketones is 1. The van der Waals surface area contributed by atoms with E-state index < -0.39 is 23.9 Å². The topological polar surface area (TPSA) is 37.4 Å². The fraction of sp³-hybridized carbons (Fsp3) is 0.385. The summed E-state index contributed by atoms with van der Waals surface area (Å²) in [5.74, 6) is -2.43. The zero-order valence-electron chi connectivity index (χ0n) is 10.3. The van der Waals surface area contributed by atoms with Crippen molar-refractivity contribution in [2.24, 2.45) is 0 Å². The number of halogens is 4. The van der Waals surface area contributed by atoms with Crippen LogP contribution < -0.4 is 0 Å². The molecule has 0 radical (unpaired) electrons. The molecule has 0 spiro atoms. The Kier molecular flexibility index (Phi) is 4.17. The number of benzene rings is 1. The molecule has 0 N–H and O–H groups in total. The highest BCUT2D eigenvalue weighted by molar-refractivity contribution is 9.09. The number of carbonyl (C=O) groups excluding carboxylic acids is 2. The van der Waals surface area contributed by atoms with Gasteiger partial charge in [-0.3, -0.25) is 9.59 Å². The highest BCUT2D eigenvalue weighted by Gasteiger charge is 2.47. The Hall–Kier alpha value is -1.37. The van der Waals surface area contributed by atoms with Gasteiger partial charge in [-0.2, -0.15) is 13.2 Å². The number of hydrogen-bond acceptors (Lipinski definition) is 2. The molecule has 7 heteroatoms. The Morgan fingerprint density at radius 1 is 1.30 bits per heavy atom. The monoisotopic (exact) mass is 349 g/mol. The first-order valence-electron chi connectivity index (χ1n) is 5.90. The van der Waals surface area contributed by atoms with Gasteiger partial charge in [0.05, 0.1) is 5.33 Å². The quantitative estimate of drug-likeness (QED) is 0.769. The average molecular weight is 350 g/mol. The van der Waals surface area contributed by atoms with E-state index in [0.717, 1.165) is 5.56 Å². The number of nitrogens with zero attached hydrogens (tertiary/aromatic N) is 1. The van der Waals surface area contributed by atoms with E-state index in [1.54, 1.807) is 24.3 Å². The number of carbonyl (C=O) groups is 2. The number of rotatable bonds is 2. The summed E-state index contributed by atoms with van der Waals surface area (Å²) >= 11 is 2.96. The van der Waals surface area contributed by atoms with Gasteiger partial charge in [0, 0.05) is 6.54 Å². The molecule has 0 fully saturated rings.